The topological polar surface area (TPSA) is 65.0 Å². The van der Waals surface area contributed by atoms with Gasteiger partial charge in [0.05, 0.1) is 20.8 Å². The predicted molar refractivity (Wildman–Crippen MR) is 57.7 cm³/mol. The molecule has 0 heterocycles. The van der Waals surface area contributed by atoms with Gasteiger partial charge in [0.2, 0.25) is 5.75 Å². The lowest BCUT2D eigenvalue weighted by molar-refractivity contribution is 0.0692. The minimum Gasteiger partial charge on any atom is -0.492 e. The molecule has 0 amide bonds. The van der Waals surface area contributed by atoms with Crippen LogP contribution in [0.15, 0.2) is 12.1 Å². The summed E-state index contributed by atoms with van der Waals surface area (Å²) in [5.74, 6) is -0.143. The molecule has 0 saturated heterocycles. The Balaban J connectivity index is 3.33. The second-order valence-corrected chi connectivity index (χ2v) is 2.92. The minimum absolute atomic E-state index is 0.0443. The molecule has 5 heteroatoms. The van der Waals surface area contributed by atoms with Crippen molar-refractivity contribution in [3.63, 3.8) is 0 Å². The maximum Gasteiger partial charge on any atom is 0.339 e. The number of carbonyl (C=O) groups is 1. The van der Waals surface area contributed by atoms with Crippen LogP contribution in [0.4, 0.5) is 0 Å². The zero-order valence-electron chi connectivity index (χ0n) is 9.44. The van der Waals surface area contributed by atoms with Crippen LogP contribution in [0, 0.1) is 0 Å². The average molecular weight is 226 g/mol. The number of methoxy groups -OCH3 is 2. The van der Waals surface area contributed by atoms with Crippen LogP contribution in [0.25, 0.3) is 0 Å². The molecular formula is C11H14O5. The summed E-state index contributed by atoms with van der Waals surface area (Å²) in [7, 11) is 2.83. The fourth-order valence-corrected chi connectivity index (χ4v) is 1.38. The van der Waals surface area contributed by atoms with Crippen molar-refractivity contribution in [3.8, 4) is 17.2 Å². The first-order chi connectivity index (χ1) is 7.65. The van der Waals surface area contributed by atoms with Crippen molar-refractivity contribution in [2.75, 3.05) is 20.8 Å². The molecule has 0 bridgehead atoms. The number of carboxylic acids is 1. The number of hydrogen-bond acceptors (Lipinski definition) is 4. The van der Waals surface area contributed by atoms with Gasteiger partial charge in [-0.25, -0.2) is 4.79 Å². The van der Waals surface area contributed by atoms with E-state index in [0.29, 0.717) is 18.1 Å². The number of hydrogen-bond donors (Lipinski definition) is 1. The quantitative estimate of drug-likeness (QED) is 0.829. The highest BCUT2D eigenvalue weighted by molar-refractivity contribution is 5.92. The summed E-state index contributed by atoms with van der Waals surface area (Å²) in [5.41, 5.74) is 0.0443. The van der Waals surface area contributed by atoms with Crippen LogP contribution in [0.3, 0.4) is 0 Å². The molecule has 0 radical (unpaired) electrons. The van der Waals surface area contributed by atoms with Gasteiger partial charge in [-0.1, -0.05) is 0 Å². The van der Waals surface area contributed by atoms with Crippen LogP contribution in [0.2, 0.25) is 0 Å². The molecule has 1 aromatic carbocycles. The predicted octanol–water partition coefficient (Wildman–Crippen LogP) is 1.80. The summed E-state index contributed by atoms with van der Waals surface area (Å²) < 4.78 is 15.4. The smallest absolute Gasteiger partial charge is 0.339 e. The lowest BCUT2D eigenvalue weighted by Crippen LogP contribution is -2.04. The molecule has 1 N–H and O–H groups in total. The minimum atomic E-state index is -1.07. The van der Waals surface area contributed by atoms with Crippen LogP contribution < -0.4 is 14.2 Å². The van der Waals surface area contributed by atoms with E-state index in [-0.39, 0.29) is 11.3 Å². The third kappa shape index (κ3) is 2.18. The van der Waals surface area contributed by atoms with E-state index in [4.69, 9.17) is 19.3 Å². The lowest BCUT2D eigenvalue weighted by Gasteiger charge is -2.14. The van der Waals surface area contributed by atoms with E-state index in [9.17, 15) is 4.79 Å². The summed E-state index contributed by atoms with van der Waals surface area (Å²) in [6, 6.07) is 2.98. The van der Waals surface area contributed by atoms with Gasteiger partial charge in [-0.2, -0.15) is 0 Å². The van der Waals surface area contributed by atoms with E-state index in [0.717, 1.165) is 0 Å². The van der Waals surface area contributed by atoms with E-state index in [1.807, 2.05) is 6.92 Å². The van der Waals surface area contributed by atoms with Crippen LogP contribution in [-0.2, 0) is 0 Å². The van der Waals surface area contributed by atoms with Crippen molar-refractivity contribution in [2.45, 2.75) is 6.92 Å². The largest absolute Gasteiger partial charge is 0.492 e. The van der Waals surface area contributed by atoms with Crippen molar-refractivity contribution in [2.24, 2.45) is 0 Å². The SMILES string of the molecule is CCOc1ccc(C(=O)O)c(OC)c1OC. The Morgan fingerprint density at radius 1 is 1.25 bits per heavy atom. The summed E-state index contributed by atoms with van der Waals surface area (Å²) in [6.07, 6.45) is 0. The average Bonchev–Trinajstić information content (AvgIpc) is 2.28. The molecule has 88 valence electrons. The molecule has 0 spiro atoms. The highest BCUT2D eigenvalue weighted by Crippen LogP contribution is 2.39. The number of ether oxygens (including phenoxy) is 3. The Bertz CT molecular complexity index is 386. The maximum absolute atomic E-state index is 10.9. The van der Waals surface area contributed by atoms with E-state index in [1.165, 1.54) is 20.3 Å². The molecular weight excluding hydrogens is 212 g/mol. The lowest BCUT2D eigenvalue weighted by atomic mass is 10.1. The van der Waals surface area contributed by atoms with Gasteiger partial charge >= 0.3 is 5.97 Å². The first-order valence-corrected chi connectivity index (χ1v) is 4.76. The van der Waals surface area contributed by atoms with Crippen molar-refractivity contribution in [1.82, 2.24) is 0 Å². The third-order valence-corrected chi connectivity index (χ3v) is 2.01. The Morgan fingerprint density at radius 2 is 1.88 bits per heavy atom. The van der Waals surface area contributed by atoms with Crippen molar-refractivity contribution < 1.29 is 24.1 Å². The van der Waals surface area contributed by atoms with Gasteiger partial charge in [0.25, 0.3) is 0 Å². The molecule has 0 saturated carbocycles. The standard InChI is InChI=1S/C11H14O5/c1-4-16-8-6-5-7(11(12)13)9(14-2)10(8)15-3/h5-6H,4H2,1-3H3,(H,12,13). The molecule has 0 aromatic heterocycles. The van der Waals surface area contributed by atoms with Crippen molar-refractivity contribution >= 4 is 5.97 Å². The van der Waals surface area contributed by atoms with Crippen molar-refractivity contribution in [1.29, 1.82) is 0 Å². The highest BCUT2D eigenvalue weighted by Gasteiger charge is 2.19. The molecule has 0 unspecified atom stereocenters. The van der Waals surface area contributed by atoms with E-state index >= 15 is 0 Å². The number of aromatic carboxylic acids is 1. The van der Waals surface area contributed by atoms with E-state index in [2.05, 4.69) is 0 Å². The molecule has 5 nitrogen and oxygen atoms in total. The summed E-state index contributed by atoms with van der Waals surface area (Å²) in [6.45, 7) is 2.29. The second-order valence-electron chi connectivity index (χ2n) is 2.92. The van der Waals surface area contributed by atoms with Crippen LogP contribution in [0.1, 0.15) is 17.3 Å². The third-order valence-electron chi connectivity index (χ3n) is 2.01. The Hall–Kier alpha value is -1.91. The molecule has 1 aromatic rings. The molecule has 0 aliphatic rings. The van der Waals surface area contributed by atoms with E-state index in [1.54, 1.807) is 6.07 Å². The van der Waals surface area contributed by atoms with E-state index < -0.39 is 5.97 Å². The number of carboxylic acid groups (broad SMARTS) is 1. The van der Waals surface area contributed by atoms with Gasteiger partial charge in [-0.3, -0.25) is 0 Å². The zero-order chi connectivity index (χ0) is 12.1. The first kappa shape index (κ1) is 12.2. The molecule has 1 rings (SSSR count). The summed E-state index contributed by atoms with van der Waals surface area (Å²) in [4.78, 5) is 10.9. The molecule has 0 aliphatic carbocycles. The Kier molecular flexibility index (Phi) is 3.99. The van der Waals surface area contributed by atoms with Gasteiger partial charge < -0.3 is 19.3 Å². The first-order valence-electron chi connectivity index (χ1n) is 4.76. The molecule has 16 heavy (non-hydrogen) atoms. The normalized spacial score (nSPS) is 9.69. The zero-order valence-corrected chi connectivity index (χ0v) is 9.44. The van der Waals surface area contributed by atoms with Crippen LogP contribution >= 0.6 is 0 Å². The maximum atomic E-state index is 10.9. The Morgan fingerprint density at radius 3 is 2.31 bits per heavy atom. The second kappa shape index (κ2) is 5.25. The molecule has 0 atom stereocenters. The Labute approximate surface area is 93.6 Å². The van der Waals surface area contributed by atoms with Crippen LogP contribution in [-0.4, -0.2) is 31.9 Å². The van der Waals surface area contributed by atoms with Gasteiger partial charge in [0.1, 0.15) is 5.56 Å². The highest BCUT2D eigenvalue weighted by atomic mass is 16.5. The summed E-state index contributed by atoms with van der Waals surface area (Å²) >= 11 is 0. The van der Waals surface area contributed by atoms with Gasteiger partial charge in [-0.05, 0) is 19.1 Å². The number of benzene rings is 1. The fraction of sp³-hybridized carbons (Fsp3) is 0.364. The van der Waals surface area contributed by atoms with Gasteiger partial charge in [0.15, 0.2) is 11.5 Å². The van der Waals surface area contributed by atoms with Crippen LogP contribution in [0.5, 0.6) is 17.2 Å². The summed E-state index contributed by atoms with van der Waals surface area (Å²) in [5, 5.41) is 8.96. The molecule has 0 fully saturated rings. The number of rotatable bonds is 5. The van der Waals surface area contributed by atoms with Gasteiger partial charge in [-0.15, -0.1) is 0 Å². The molecule has 0 aliphatic heterocycles. The monoisotopic (exact) mass is 226 g/mol. The fourth-order valence-electron chi connectivity index (χ4n) is 1.38. The van der Waals surface area contributed by atoms with Crippen molar-refractivity contribution in [3.05, 3.63) is 17.7 Å². The van der Waals surface area contributed by atoms with Gasteiger partial charge in [0, 0.05) is 0 Å².